The van der Waals surface area contributed by atoms with E-state index in [1.165, 1.54) is 0 Å². The number of imidazole rings is 1. The quantitative estimate of drug-likeness (QED) is 0.519. The smallest absolute Gasteiger partial charge is 0.225 e. The van der Waals surface area contributed by atoms with Gasteiger partial charge < -0.3 is 4.57 Å². The molecule has 0 amide bonds. The lowest BCUT2D eigenvalue weighted by atomic mass is 10.5. The summed E-state index contributed by atoms with van der Waals surface area (Å²) in [5.74, 6) is 0. The van der Waals surface area contributed by atoms with Crippen LogP contribution in [-0.2, 0) is 7.05 Å². The minimum Gasteiger partial charge on any atom is -0.318 e. The van der Waals surface area contributed by atoms with E-state index >= 15 is 0 Å². The second kappa shape index (κ2) is 4.57. The highest BCUT2D eigenvalue weighted by atomic mass is 35.5. The molecule has 0 atom stereocenters. The Kier molecular flexibility index (Phi) is 3.66. The molecule has 2 rings (SSSR count). The Labute approximate surface area is 91.9 Å². The highest BCUT2D eigenvalue weighted by molar-refractivity contribution is 6.35. The fraction of sp³-hybridized carbons (Fsp3) is 0.375. The minimum atomic E-state index is 0.135. The maximum atomic E-state index is 5.76. The Morgan fingerprint density at radius 1 is 1.21 bits per heavy atom. The van der Waals surface area contributed by atoms with Crippen LogP contribution in [0.4, 0.5) is 0 Å². The number of halogens is 2. The maximum absolute atomic E-state index is 5.76. The molecule has 76 valence electrons. The minimum absolute atomic E-state index is 0.135. The highest BCUT2D eigenvalue weighted by Gasteiger charge is 2.07. The average molecular weight is 233 g/mol. The lowest BCUT2D eigenvalue weighted by Gasteiger charge is -1.94. The predicted molar refractivity (Wildman–Crippen MR) is 57.7 cm³/mol. The van der Waals surface area contributed by atoms with E-state index in [2.05, 4.69) is 15.0 Å². The van der Waals surface area contributed by atoms with E-state index < -0.39 is 0 Å². The second-order valence-corrected chi connectivity index (χ2v) is 3.01. The van der Waals surface area contributed by atoms with Gasteiger partial charge in [-0.25, -0.2) is 9.97 Å². The van der Waals surface area contributed by atoms with Gasteiger partial charge in [0.05, 0.1) is 6.33 Å². The summed E-state index contributed by atoms with van der Waals surface area (Å²) >= 11 is 11.4. The van der Waals surface area contributed by atoms with Crippen LogP contribution in [0, 0.1) is 0 Å². The van der Waals surface area contributed by atoms with Gasteiger partial charge in [0, 0.05) is 7.05 Å². The molecule has 6 heteroatoms. The van der Waals surface area contributed by atoms with E-state index in [4.69, 9.17) is 23.2 Å². The number of aryl methyl sites for hydroxylation is 1. The molecule has 0 aliphatic carbocycles. The van der Waals surface area contributed by atoms with Crippen molar-refractivity contribution in [3.8, 4) is 0 Å². The number of aromatic nitrogens is 4. The molecule has 0 fully saturated rings. The molecule has 0 N–H and O–H groups in total. The monoisotopic (exact) mass is 232 g/mol. The number of rotatable bonds is 0. The Bertz CT molecular complexity index is 438. The third-order valence-corrected chi connectivity index (χ3v) is 1.92. The zero-order chi connectivity index (χ0) is 10.7. The van der Waals surface area contributed by atoms with Crippen LogP contribution < -0.4 is 0 Å². The standard InChI is InChI=1S/C6H4Cl2N4.C2H6/c1-12-2-9-3-4(7)10-6(8)11-5(3)12;1-2/h2H,1H3;1-2H3. The number of hydrogen-bond acceptors (Lipinski definition) is 3. The fourth-order valence-corrected chi connectivity index (χ4v) is 1.37. The van der Waals surface area contributed by atoms with Crippen molar-refractivity contribution in [3.63, 3.8) is 0 Å². The van der Waals surface area contributed by atoms with Gasteiger partial charge in [-0.05, 0) is 11.6 Å². The van der Waals surface area contributed by atoms with E-state index in [-0.39, 0.29) is 10.4 Å². The van der Waals surface area contributed by atoms with Gasteiger partial charge in [-0.2, -0.15) is 4.98 Å². The predicted octanol–water partition coefficient (Wildman–Crippen LogP) is 2.70. The molecule has 0 aliphatic rings. The summed E-state index contributed by atoms with van der Waals surface area (Å²) in [7, 11) is 1.81. The summed E-state index contributed by atoms with van der Waals surface area (Å²) in [5, 5.41) is 0.418. The van der Waals surface area contributed by atoms with E-state index in [1.807, 2.05) is 20.9 Å². The van der Waals surface area contributed by atoms with Crippen molar-refractivity contribution in [1.29, 1.82) is 0 Å². The summed E-state index contributed by atoms with van der Waals surface area (Å²) in [4.78, 5) is 11.7. The molecule has 4 nitrogen and oxygen atoms in total. The van der Waals surface area contributed by atoms with Crippen molar-refractivity contribution in [3.05, 3.63) is 16.8 Å². The van der Waals surface area contributed by atoms with Crippen LogP contribution in [0.1, 0.15) is 13.8 Å². The molecule has 2 aromatic heterocycles. The van der Waals surface area contributed by atoms with Gasteiger partial charge >= 0.3 is 0 Å². The number of fused-ring (bicyclic) bond motifs is 1. The molecular weight excluding hydrogens is 223 g/mol. The largest absolute Gasteiger partial charge is 0.318 e. The molecule has 2 aromatic rings. The van der Waals surface area contributed by atoms with Gasteiger partial charge in [0.15, 0.2) is 10.8 Å². The van der Waals surface area contributed by atoms with Gasteiger partial charge in [-0.3, -0.25) is 0 Å². The number of hydrogen-bond donors (Lipinski definition) is 0. The first-order valence-electron chi connectivity index (χ1n) is 4.18. The second-order valence-electron chi connectivity index (χ2n) is 2.31. The lowest BCUT2D eigenvalue weighted by molar-refractivity contribution is 0.928. The van der Waals surface area contributed by atoms with Crippen LogP contribution in [0.15, 0.2) is 6.33 Å². The Hall–Kier alpha value is -0.870. The molecule has 2 heterocycles. The third-order valence-electron chi connectivity index (χ3n) is 1.49. The molecule has 0 saturated heterocycles. The van der Waals surface area contributed by atoms with Crippen molar-refractivity contribution < 1.29 is 0 Å². The average Bonchev–Trinajstić information content (AvgIpc) is 2.52. The summed E-state index contributed by atoms with van der Waals surface area (Å²) in [6.45, 7) is 4.00. The molecule has 0 bridgehead atoms. The Morgan fingerprint density at radius 3 is 2.50 bits per heavy atom. The van der Waals surface area contributed by atoms with Crippen molar-refractivity contribution in [2.75, 3.05) is 0 Å². The van der Waals surface area contributed by atoms with Crippen LogP contribution in [-0.4, -0.2) is 19.5 Å². The van der Waals surface area contributed by atoms with Crippen LogP contribution in [0.25, 0.3) is 11.2 Å². The van der Waals surface area contributed by atoms with Crippen LogP contribution in [0.3, 0.4) is 0 Å². The summed E-state index contributed by atoms with van der Waals surface area (Å²) in [5.41, 5.74) is 1.21. The van der Waals surface area contributed by atoms with E-state index in [1.54, 1.807) is 10.9 Å². The zero-order valence-electron chi connectivity index (χ0n) is 8.12. The lowest BCUT2D eigenvalue weighted by Crippen LogP contribution is -1.90. The van der Waals surface area contributed by atoms with Gasteiger partial charge in [0.25, 0.3) is 0 Å². The molecule has 0 unspecified atom stereocenters. The van der Waals surface area contributed by atoms with Crippen molar-refractivity contribution >= 4 is 34.4 Å². The molecule has 0 aromatic carbocycles. The summed E-state index contributed by atoms with van der Waals surface area (Å²) in [6, 6.07) is 0. The molecule has 0 saturated carbocycles. The van der Waals surface area contributed by atoms with Crippen molar-refractivity contribution in [1.82, 2.24) is 19.5 Å². The van der Waals surface area contributed by atoms with E-state index in [9.17, 15) is 0 Å². The molecule has 0 aliphatic heterocycles. The third kappa shape index (κ3) is 1.96. The molecule has 0 radical (unpaired) electrons. The van der Waals surface area contributed by atoms with Crippen LogP contribution in [0.5, 0.6) is 0 Å². The molecular formula is C8H10Cl2N4. The molecule has 14 heavy (non-hydrogen) atoms. The van der Waals surface area contributed by atoms with Crippen molar-refractivity contribution in [2.24, 2.45) is 7.05 Å². The van der Waals surface area contributed by atoms with Crippen LogP contribution >= 0.6 is 23.2 Å². The first kappa shape index (κ1) is 11.2. The molecule has 0 spiro atoms. The first-order chi connectivity index (χ1) is 6.68. The normalized spacial score (nSPS) is 9.79. The first-order valence-corrected chi connectivity index (χ1v) is 4.94. The van der Waals surface area contributed by atoms with Gasteiger partial charge in [0.1, 0.15) is 5.52 Å². The topological polar surface area (TPSA) is 43.6 Å². The van der Waals surface area contributed by atoms with Gasteiger partial charge in [0.2, 0.25) is 5.28 Å². The zero-order valence-corrected chi connectivity index (χ0v) is 9.63. The van der Waals surface area contributed by atoms with E-state index in [0.717, 1.165) is 0 Å². The van der Waals surface area contributed by atoms with Gasteiger partial charge in [-0.15, -0.1) is 0 Å². The summed E-state index contributed by atoms with van der Waals surface area (Å²) in [6.07, 6.45) is 1.61. The summed E-state index contributed by atoms with van der Waals surface area (Å²) < 4.78 is 1.73. The maximum Gasteiger partial charge on any atom is 0.225 e. The van der Waals surface area contributed by atoms with Crippen molar-refractivity contribution in [2.45, 2.75) is 13.8 Å². The Morgan fingerprint density at radius 2 is 1.86 bits per heavy atom. The highest BCUT2D eigenvalue weighted by Crippen LogP contribution is 2.19. The SMILES string of the molecule is CC.Cn1cnc2c(Cl)nc(Cl)nc21. The Balaban J connectivity index is 0.000000461. The van der Waals surface area contributed by atoms with Crippen LogP contribution in [0.2, 0.25) is 10.4 Å². The van der Waals surface area contributed by atoms with E-state index in [0.29, 0.717) is 11.2 Å². The van der Waals surface area contributed by atoms with Gasteiger partial charge in [-0.1, -0.05) is 25.4 Å². The fourth-order valence-electron chi connectivity index (χ4n) is 0.947. The number of nitrogens with zero attached hydrogens (tertiary/aromatic N) is 4.